The van der Waals surface area contributed by atoms with Crippen molar-refractivity contribution in [1.82, 2.24) is 9.78 Å². The van der Waals surface area contributed by atoms with Crippen LogP contribution in [0.4, 0.5) is 0 Å². The van der Waals surface area contributed by atoms with Crippen molar-refractivity contribution in [2.45, 2.75) is 39.7 Å². The van der Waals surface area contributed by atoms with Gasteiger partial charge in [-0.3, -0.25) is 4.68 Å². The molecule has 0 aromatic carbocycles. The van der Waals surface area contributed by atoms with E-state index in [2.05, 4.69) is 25.9 Å². The highest BCUT2D eigenvalue weighted by Crippen LogP contribution is 2.20. The largest absolute Gasteiger partial charge is 0.492 e. The summed E-state index contributed by atoms with van der Waals surface area (Å²) >= 11 is 0. The van der Waals surface area contributed by atoms with Crippen LogP contribution in [0.3, 0.4) is 0 Å². The summed E-state index contributed by atoms with van der Waals surface area (Å²) in [6.07, 6.45) is 2.72. The zero-order chi connectivity index (χ0) is 9.35. The van der Waals surface area contributed by atoms with E-state index >= 15 is 0 Å². The number of nitrogens with zero attached hydrogens (tertiary/aromatic N) is 2. The Kier molecular flexibility index (Phi) is 2.13. The quantitative estimate of drug-likeness (QED) is 0.695. The summed E-state index contributed by atoms with van der Waals surface area (Å²) < 4.78 is 1.79. The summed E-state index contributed by atoms with van der Waals surface area (Å²) in [5.74, 6) is 0.160. The van der Waals surface area contributed by atoms with Crippen molar-refractivity contribution < 1.29 is 5.11 Å². The van der Waals surface area contributed by atoms with Gasteiger partial charge in [-0.15, -0.1) is 5.10 Å². The molecule has 0 atom stereocenters. The fourth-order valence-corrected chi connectivity index (χ4v) is 0.994. The second kappa shape index (κ2) is 2.81. The number of aromatic hydroxyl groups is 1. The fourth-order valence-electron chi connectivity index (χ4n) is 0.994. The van der Waals surface area contributed by atoms with E-state index in [1.54, 1.807) is 4.68 Å². The SMILES string of the molecule is CCc1cn(C(C)(C)C)nc1O. The molecule has 0 bridgehead atoms. The topological polar surface area (TPSA) is 38.0 Å². The van der Waals surface area contributed by atoms with Gasteiger partial charge in [-0.2, -0.15) is 0 Å². The Morgan fingerprint density at radius 2 is 2.08 bits per heavy atom. The normalized spacial score (nSPS) is 12.0. The van der Waals surface area contributed by atoms with Gasteiger partial charge >= 0.3 is 0 Å². The van der Waals surface area contributed by atoms with Gasteiger partial charge in [0.1, 0.15) is 0 Å². The molecule has 1 rings (SSSR count). The summed E-state index contributed by atoms with van der Waals surface area (Å²) in [6, 6.07) is 0. The molecule has 1 aromatic heterocycles. The molecular formula is C9H16N2O. The molecule has 0 aliphatic heterocycles. The number of hydrogen-bond donors (Lipinski definition) is 1. The van der Waals surface area contributed by atoms with Crippen molar-refractivity contribution in [3.63, 3.8) is 0 Å². The van der Waals surface area contributed by atoms with E-state index in [1.807, 2.05) is 13.1 Å². The predicted molar refractivity (Wildman–Crippen MR) is 48.3 cm³/mol. The zero-order valence-corrected chi connectivity index (χ0v) is 8.13. The van der Waals surface area contributed by atoms with E-state index in [4.69, 9.17) is 0 Å². The monoisotopic (exact) mass is 168 g/mol. The van der Waals surface area contributed by atoms with Crippen LogP contribution in [0.2, 0.25) is 0 Å². The summed E-state index contributed by atoms with van der Waals surface area (Å²) in [5.41, 5.74) is 0.857. The molecule has 0 saturated carbocycles. The molecule has 0 amide bonds. The van der Waals surface area contributed by atoms with E-state index in [0.717, 1.165) is 12.0 Å². The van der Waals surface area contributed by atoms with E-state index in [1.165, 1.54) is 0 Å². The van der Waals surface area contributed by atoms with Gasteiger partial charge in [0.15, 0.2) is 0 Å². The minimum atomic E-state index is -0.0507. The molecule has 3 nitrogen and oxygen atoms in total. The van der Waals surface area contributed by atoms with E-state index in [0.29, 0.717) is 0 Å². The van der Waals surface area contributed by atoms with Gasteiger partial charge < -0.3 is 5.11 Å². The van der Waals surface area contributed by atoms with Crippen LogP contribution in [0, 0.1) is 0 Å². The van der Waals surface area contributed by atoms with Gasteiger partial charge in [0, 0.05) is 11.8 Å². The highest BCUT2D eigenvalue weighted by Gasteiger charge is 2.16. The van der Waals surface area contributed by atoms with Crippen molar-refractivity contribution in [3.05, 3.63) is 11.8 Å². The average molecular weight is 168 g/mol. The Balaban J connectivity index is 3.05. The fraction of sp³-hybridized carbons (Fsp3) is 0.667. The van der Waals surface area contributed by atoms with Gasteiger partial charge in [-0.05, 0) is 27.2 Å². The molecule has 0 fully saturated rings. The number of aryl methyl sites for hydroxylation is 1. The molecule has 0 aliphatic carbocycles. The molecule has 1 N–H and O–H groups in total. The van der Waals surface area contributed by atoms with E-state index < -0.39 is 0 Å². The van der Waals surface area contributed by atoms with Gasteiger partial charge in [0.05, 0.1) is 5.54 Å². The molecule has 0 radical (unpaired) electrons. The van der Waals surface area contributed by atoms with Crippen molar-refractivity contribution in [2.75, 3.05) is 0 Å². The Labute approximate surface area is 73.0 Å². The second-order valence-corrected chi connectivity index (χ2v) is 3.95. The first-order valence-corrected chi connectivity index (χ1v) is 4.23. The van der Waals surface area contributed by atoms with Crippen molar-refractivity contribution in [1.29, 1.82) is 0 Å². The Hall–Kier alpha value is -0.990. The van der Waals surface area contributed by atoms with Crippen LogP contribution in [-0.4, -0.2) is 14.9 Å². The standard InChI is InChI=1S/C9H16N2O/c1-5-7-6-11(9(2,3)4)10-8(7)12/h6H,5H2,1-4H3,(H,10,12). The van der Waals surface area contributed by atoms with Crippen LogP contribution >= 0.6 is 0 Å². The minimum absolute atomic E-state index is 0.0507. The molecule has 0 unspecified atom stereocenters. The van der Waals surface area contributed by atoms with Crippen LogP contribution in [0.15, 0.2) is 6.20 Å². The summed E-state index contributed by atoms with van der Waals surface area (Å²) in [6.45, 7) is 8.17. The molecule has 12 heavy (non-hydrogen) atoms. The molecule has 1 heterocycles. The summed E-state index contributed by atoms with van der Waals surface area (Å²) in [4.78, 5) is 0. The Morgan fingerprint density at radius 1 is 1.50 bits per heavy atom. The maximum atomic E-state index is 9.36. The Morgan fingerprint density at radius 3 is 2.33 bits per heavy atom. The van der Waals surface area contributed by atoms with Crippen LogP contribution in [-0.2, 0) is 12.0 Å². The van der Waals surface area contributed by atoms with Crippen LogP contribution < -0.4 is 0 Å². The minimum Gasteiger partial charge on any atom is -0.492 e. The first-order valence-electron chi connectivity index (χ1n) is 4.23. The molecule has 1 aromatic rings. The lowest BCUT2D eigenvalue weighted by molar-refractivity contribution is 0.338. The molecule has 68 valence electrons. The molecule has 3 heteroatoms. The third-order valence-corrected chi connectivity index (χ3v) is 1.84. The lowest BCUT2D eigenvalue weighted by atomic mass is 10.1. The van der Waals surface area contributed by atoms with Crippen molar-refractivity contribution in [3.8, 4) is 5.88 Å². The van der Waals surface area contributed by atoms with Gasteiger partial charge in [0.25, 0.3) is 0 Å². The third kappa shape index (κ3) is 1.60. The smallest absolute Gasteiger partial charge is 0.233 e. The van der Waals surface area contributed by atoms with Crippen LogP contribution in [0.25, 0.3) is 0 Å². The maximum Gasteiger partial charge on any atom is 0.233 e. The van der Waals surface area contributed by atoms with Crippen molar-refractivity contribution >= 4 is 0 Å². The number of aromatic nitrogens is 2. The summed E-state index contributed by atoms with van der Waals surface area (Å²) in [7, 11) is 0. The van der Waals surface area contributed by atoms with Crippen molar-refractivity contribution in [2.24, 2.45) is 0 Å². The number of rotatable bonds is 1. The third-order valence-electron chi connectivity index (χ3n) is 1.84. The molecular weight excluding hydrogens is 152 g/mol. The molecule has 0 spiro atoms. The maximum absolute atomic E-state index is 9.36. The van der Waals surface area contributed by atoms with E-state index in [-0.39, 0.29) is 11.4 Å². The summed E-state index contributed by atoms with van der Waals surface area (Å²) in [5, 5.41) is 13.4. The lowest BCUT2D eigenvalue weighted by Crippen LogP contribution is -2.21. The average Bonchev–Trinajstić information content (AvgIpc) is 2.29. The van der Waals surface area contributed by atoms with Gasteiger partial charge in [-0.25, -0.2) is 0 Å². The molecule has 0 aliphatic rings. The second-order valence-electron chi connectivity index (χ2n) is 3.95. The predicted octanol–water partition coefficient (Wildman–Crippen LogP) is 1.91. The highest BCUT2D eigenvalue weighted by atomic mass is 16.3. The van der Waals surface area contributed by atoms with Gasteiger partial charge in [0.2, 0.25) is 5.88 Å². The molecule has 0 saturated heterocycles. The highest BCUT2D eigenvalue weighted by molar-refractivity contribution is 5.21. The van der Waals surface area contributed by atoms with Crippen LogP contribution in [0.1, 0.15) is 33.3 Å². The Bertz CT molecular complexity index is 271. The lowest BCUT2D eigenvalue weighted by Gasteiger charge is -2.18. The number of hydrogen-bond acceptors (Lipinski definition) is 2. The van der Waals surface area contributed by atoms with E-state index in [9.17, 15) is 5.11 Å². The zero-order valence-electron chi connectivity index (χ0n) is 8.13. The van der Waals surface area contributed by atoms with Gasteiger partial charge in [-0.1, -0.05) is 6.92 Å². The first kappa shape index (κ1) is 9.10. The first-order chi connectivity index (χ1) is 5.45. The van der Waals surface area contributed by atoms with Crippen LogP contribution in [0.5, 0.6) is 5.88 Å².